The number of nitrogens with two attached hydrogens (primary N) is 1. The summed E-state index contributed by atoms with van der Waals surface area (Å²) >= 11 is 0. The molecule has 1 aliphatic rings. The molecule has 1 aromatic heterocycles. The first kappa shape index (κ1) is 14.7. The Morgan fingerprint density at radius 2 is 1.42 bits per heavy atom. The topological polar surface area (TPSA) is 56.2 Å². The number of rotatable bonds is 2. The van der Waals surface area contributed by atoms with Crippen molar-refractivity contribution in [2.45, 2.75) is 0 Å². The van der Waals surface area contributed by atoms with Gasteiger partial charge >= 0.3 is 0 Å². The fourth-order valence-corrected chi connectivity index (χ4v) is 3.52. The van der Waals surface area contributed by atoms with E-state index in [0.717, 1.165) is 27.8 Å². The Morgan fingerprint density at radius 3 is 2.19 bits per heavy atom. The van der Waals surface area contributed by atoms with Gasteiger partial charge < -0.3 is 10.2 Å². The Bertz CT molecular complexity index is 1180. The quantitative estimate of drug-likeness (QED) is 0.487. The molecular weight excluding hydrogens is 322 g/mol. The number of carbonyl (C=O) groups excluding carboxylic acids is 1. The van der Waals surface area contributed by atoms with Crippen molar-refractivity contribution in [1.29, 1.82) is 0 Å². The molecular formula is C23H15NO2. The molecule has 0 amide bonds. The number of hydrogen-bond acceptors (Lipinski definition) is 3. The van der Waals surface area contributed by atoms with Crippen LogP contribution >= 0.6 is 0 Å². The van der Waals surface area contributed by atoms with E-state index >= 15 is 0 Å². The Kier molecular flexibility index (Phi) is 3.09. The molecule has 0 spiro atoms. The molecule has 1 heterocycles. The molecule has 4 aromatic rings. The summed E-state index contributed by atoms with van der Waals surface area (Å²) in [6.45, 7) is 0. The Hall–Kier alpha value is -3.59. The number of ketones is 1. The third-order valence-electron chi connectivity index (χ3n) is 4.83. The molecule has 0 saturated carbocycles. The molecule has 0 aliphatic heterocycles. The maximum absolute atomic E-state index is 12.2. The molecule has 3 heteroatoms. The third kappa shape index (κ3) is 2.11. The molecule has 0 fully saturated rings. The van der Waals surface area contributed by atoms with Crippen LogP contribution in [-0.4, -0.2) is 5.78 Å². The monoisotopic (exact) mass is 337 g/mol. The summed E-state index contributed by atoms with van der Waals surface area (Å²) in [5, 5.41) is 0.805. The molecule has 0 saturated heterocycles. The van der Waals surface area contributed by atoms with E-state index in [1.807, 2.05) is 36.4 Å². The molecule has 124 valence electrons. The van der Waals surface area contributed by atoms with Crippen LogP contribution in [0.4, 0.5) is 5.69 Å². The second-order valence-electron chi connectivity index (χ2n) is 6.39. The summed E-state index contributed by atoms with van der Waals surface area (Å²) in [4.78, 5) is 12.2. The summed E-state index contributed by atoms with van der Waals surface area (Å²) in [6.07, 6.45) is 3.41. The summed E-state index contributed by atoms with van der Waals surface area (Å²) in [6, 6.07) is 22.0. The summed E-state index contributed by atoms with van der Waals surface area (Å²) < 4.78 is 6.09. The average molecular weight is 337 g/mol. The van der Waals surface area contributed by atoms with Crippen molar-refractivity contribution in [2.75, 3.05) is 5.73 Å². The molecule has 1 aliphatic carbocycles. The van der Waals surface area contributed by atoms with Gasteiger partial charge in [-0.15, -0.1) is 0 Å². The second-order valence-corrected chi connectivity index (χ2v) is 6.39. The Balaban J connectivity index is 1.68. The van der Waals surface area contributed by atoms with Crippen LogP contribution in [0, 0.1) is 0 Å². The number of hydrogen-bond donors (Lipinski definition) is 1. The lowest BCUT2D eigenvalue weighted by Crippen LogP contribution is -2.00. The van der Waals surface area contributed by atoms with Gasteiger partial charge in [-0.3, -0.25) is 4.79 Å². The van der Waals surface area contributed by atoms with E-state index < -0.39 is 0 Å². The van der Waals surface area contributed by atoms with Gasteiger partial charge in [0.2, 0.25) is 0 Å². The highest BCUT2D eigenvalue weighted by atomic mass is 16.3. The van der Waals surface area contributed by atoms with Crippen LogP contribution in [0.3, 0.4) is 0 Å². The number of anilines is 1. The first-order valence-electron chi connectivity index (χ1n) is 8.45. The van der Waals surface area contributed by atoms with Crippen LogP contribution in [-0.2, 0) is 0 Å². The predicted octanol–water partition coefficient (Wildman–Crippen LogP) is 5.56. The van der Waals surface area contributed by atoms with E-state index in [1.165, 1.54) is 5.56 Å². The molecule has 0 bridgehead atoms. The van der Waals surface area contributed by atoms with Gasteiger partial charge in [0.05, 0.1) is 5.69 Å². The van der Waals surface area contributed by atoms with Crippen molar-refractivity contribution in [3.05, 3.63) is 83.9 Å². The van der Waals surface area contributed by atoms with Gasteiger partial charge in [-0.05, 0) is 35.4 Å². The second kappa shape index (κ2) is 5.46. The van der Waals surface area contributed by atoms with Crippen molar-refractivity contribution >= 4 is 28.5 Å². The molecule has 3 aromatic carbocycles. The van der Waals surface area contributed by atoms with Gasteiger partial charge in [0.25, 0.3) is 0 Å². The molecule has 0 radical (unpaired) electrons. The first-order valence-corrected chi connectivity index (χ1v) is 8.45. The van der Waals surface area contributed by atoms with E-state index in [0.29, 0.717) is 16.8 Å². The lowest BCUT2D eigenvalue weighted by Gasteiger charge is -2.07. The van der Waals surface area contributed by atoms with Crippen molar-refractivity contribution < 1.29 is 9.21 Å². The van der Waals surface area contributed by atoms with Crippen molar-refractivity contribution in [3.8, 4) is 22.5 Å². The predicted molar refractivity (Wildman–Crippen MR) is 105 cm³/mol. The summed E-state index contributed by atoms with van der Waals surface area (Å²) in [5.74, 6) is 0.719. The van der Waals surface area contributed by atoms with E-state index in [2.05, 4.69) is 24.3 Å². The van der Waals surface area contributed by atoms with Gasteiger partial charge in [-0.25, -0.2) is 0 Å². The van der Waals surface area contributed by atoms with Gasteiger partial charge in [0, 0.05) is 22.1 Å². The van der Waals surface area contributed by atoms with Crippen LogP contribution in [0.25, 0.3) is 39.5 Å². The number of furan rings is 1. The molecule has 5 rings (SSSR count). The van der Waals surface area contributed by atoms with Gasteiger partial charge in [-0.2, -0.15) is 0 Å². The van der Waals surface area contributed by atoms with Gasteiger partial charge in [-0.1, -0.05) is 54.6 Å². The number of nitrogen functional groups attached to an aromatic ring is 1. The lowest BCUT2D eigenvalue weighted by molar-refractivity contribution is 0.104. The van der Waals surface area contributed by atoms with Crippen molar-refractivity contribution in [3.63, 3.8) is 0 Å². The SMILES string of the molecule is Nc1ccc2c3c(c(-c4ccc(-c5ccccc5)cc4)oc13)C=CC2=O. The highest BCUT2D eigenvalue weighted by Gasteiger charge is 2.24. The smallest absolute Gasteiger partial charge is 0.186 e. The van der Waals surface area contributed by atoms with Crippen LogP contribution in [0.15, 0.2) is 77.2 Å². The molecule has 3 nitrogen and oxygen atoms in total. The van der Waals surface area contributed by atoms with E-state index in [9.17, 15) is 4.79 Å². The summed E-state index contributed by atoms with van der Waals surface area (Å²) in [7, 11) is 0. The average Bonchev–Trinajstić information content (AvgIpc) is 3.08. The zero-order chi connectivity index (χ0) is 17.7. The fourth-order valence-electron chi connectivity index (χ4n) is 3.52. The maximum atomic E-state index is 12.2. The highest BCUT2D eigenvalue weighted by molar-refractivity contribution is 6.22. The Morgan fingerprint density at radius 1 is 0.731 bits per heavy atom. The molecule has 0 atom stereocenters. The largest absolute Gasteiger partial charge is 0.453 e. The molecule has 26 heavy (non-hydrogen) atoms. The van der Waals surface area contributed by atoms with Crippen molar-refractivity contribution in [1.82, 2.24) is 0 Å². The number of benzene rings is 3. The zero-order valence-electron chi connectivity index (χ0n) is 13.9. The zero-order valence-corrected chi connectivity index (χ0v) is 13.9. The molecule has 0 unspecified atom stereocenters. The number of allylic oxidation sites excluding steroid dienone is 1. The minimum Gasteiger partial charge on any atom is -0.453 e. The normalized spacial score (nSPS) is 12.7. The van der Waals surface area contributed by atoms with Gasteiger partial charge in [0.1, 0.15) is 5.76 Å². The first-order chi connectivity index (χ1) is 12.7. The minimum absolute atomic E-state index is 0.0192. The number of carbonyl (C=O) groups is 1. The van der Waals surface area contributed by atoms with E-state index in [1.54, 1.807) is 18.2 Å². The van der Waals surface area contributed by atoms with Crippen LogP contribution in [0.5, 0.6) is 0 Å². The highest BCUT2D eigenvalue weighted by Crippen LogP contribution is 2.41. The van der Waals surface area contributed by atoms with Crippen LogP contribution in [0.2, 0.25) is 0 Å². The third-order valence-corrected chi connectivity index (χ3v) is 4.83. The van der Waals surface area contributed by atoms with Gasteiger partial charge in [0.15, 0.2) is 11.4 Å². The molecule has 2 N–H and O–H groups in total. The summed E-state index contributed by atoms with van der Waals surface area (Å²) in [5.41, 5.74) is 12.0. The Labute approximate surface area is 150 Å². The minimum atomic E-state index is -0.0192. The standard InChI is InChI=1S/C23H15NO2/c24-19-12-10-17-20(25)13-11-18-21(17)23(19)26-22(18)16-8-6-15(7-9-16)14-4-2-1-3-5-14/h1-13H,24H2. The van der Waals surface area contributed by atoms with Crippen molar-refractivity contribution in [2.24, 2.45) is 0 Å². The maximum Gasteiger partial charge on any atom is 0.186 e. The van der Waals surface area contributed by atoms with Crippen LogP contribution < -0.4 is 5.73 Å². The van der Waals surface area contributed by atoms with E-state index in [4.69, 9.17) is 10.2 Å². The lowest BCUT2D eigenvalue weighted by atomic mass is 9.94. The van der Waals surface area contributed by atoms with E-state index in [-0.39, 0.29) is 5.78 Å². The van der Waals surface area contributed by atoms with Crippen LogP contribution in [0.1, 0.15) is 15.9 Å². The fraction of sp³-hybridized carbons (Fsp3) is 0.